The van der Waals surface area contributed by atoms with Crippen molar-refractivity contribution in [2.75, 3.05) is 55.6 Å². The summed E-state index contributed by atoms with van der Waals surface area (Å²) in [5, 5.41) is 23.6. The second kappa shape index (κ2) is 16.5. The van der Waals surface area contributed by atoms with Gasteiger partial charge in [0.15, 0.2) is 11.5 Å². The highest BCUT2D eigenvalue weighted by Gasteiger charge is 2.47. The number of benzene rings is 2. The zero-order chi connectivity index (χ0) is 41.5. The van der Waals surface area contributed by atoms with Crippen LogP contribution in [0, 0.1) is 22.7 Å². The minimum absolute atomic E-state index is 0.0245. The van der Waals surface area contributed by atoms with Gasteiger partial charge in [-0.15, -0.1) is 10.2 Å². The average molecular weight is 834 g/mol. The Kier molecular flexibility index (Phi) is 10.9. The van der Waals surface area contributed by atoms with E-state index in [2.05, 4.69) is 41.6 Å². The molecule has 9 rings (SSSR count). The molecular formula is C44H48ClN9O6. The lowest BCUT2D eigenvalue weighted by atomic mass is 9.71. The molecule has 5 fully saturated rings. The van der Waals surface area contributed by atoms with Crippen molar-refractivity contribution < 1.29 is 28.7 Å². The van der Waals surface area contributed by atoms with E-state index >= 15 is 0 Å². The fourth-order valence-electron chi connectivity index (χ4n) is 9.89. The number of amides is 5. The minimum Gasteiger partial charge on any atom is -0.490 e. The highest BCUT2D eigenvalue weighted by atomic mass is 35.5. The van der Waals surface area contributed by atoms with Crippen LogP contribution in [0.1, 0.15) is 101 Å². The van der Waals surface area contributed by atoms with E-state index < -0.39 is 23.8 Å². The molecule has 15 nitrogen and oxygen atoms in total. The Bertz CT molecular complexity index is 2230. The first kappa shape index (κ1) is 39.8. The van der Waals surface area contributed by atoms with E-state index in [1.54, 1.807) is 36.4 Å². The van der Waals surface area contributed by atoms with Gasteiger partial charge in [-0.25, -0.2) is 0 Å². The molecule has 1 spiro atoms. The van der Waals surface area contributed by atoms with E-state index in [0.29, 0.717) is 39.1 Å². The van der Waals surface area contributed by atoms with E-state index in [9.17, 15) is 24.0 Å². The van der Waals surface area contributed by atoms with Crippen LogP contribution < -0.4 is 25.2 Å². The van der Waals surface area contributed by atoms with E-state index in [4.69, 9.17) is 21.6 Å². The van der Waals surface area contributed by atoms with Crippen molar-refractivity contribution in [3.63, 3.8) is 0 Å². The van der Waals surface area contributed by atoms with Gasteiger partial charge in [0.1, 0.15) is 17.9 Å². The molecule has 60 heavy (non-hydrogen) atoms. The number of ether oxygens (including phenoxy) is 1. The standard InChI is InChI=1S/C44H48ClN9O6/c45-35-22-32(5-1-28(35)23-46)60-31-6-2-29(3-7-31)47-40(56)36-9-11-38(50-49-36)52-17-13-27(14-18-52)24-51-19-15-44(16-20-51)25-53(26-44)30-4-8-33-34(21-30)43(59)54(42(33)58)37-10-12-39(55)48-41(37)57/h1,4-5,8-9,11,21-22,27,29,31,37H,2-3,6-7,10,12-20,24-26H2,(H,47,56)(H,48,55,57). The van der Waals surface area contributed by atoms with Crippen molar-refractivity contribution in [2.45, 2.75) is 82.4 Å². The van der Waals surface area contributed by atoms with Crippen LogP contribution in [0.4, 0.5) is 11.5 Å². The summed E-state index contributed by atoms with van der Waals surface area (Å²) in [6, 6.07) is 15.3. The molecule has 1 aromatic heterocycles. The van der Waals surface area contributed by atoms with Gasteiger partial charge in [0.05, 0.1) is 27.8 Å². The van der Waals surface area contributed by atoms with Gasteiger partial charge in [0.25, 0.3) is 17.7 Å². The summed E-state index contributed by atoms with van der Waals surface area (Å²) < 4.78 is 6.09. The van der Waals surface area contributed by atoms with Crippen molar-refractivity contribution in [3.8, 4) is 11.8 Å². The quantitative estimate of drug-likeness (QED) is 0.292. The maximum Gasteiger partial charge on any atom is 0.272 e. The summed E-state index contributed by atoms with van der Waals surface area (Å²) in [6.45, 7) is 6.83. The number of aromatic nitrogens is 2. The van der Waals surface area contributed by atoms with Gasteiger partial charge in [-0.2, -0.15) is 5.26 Å². The van der Waals surface area contributed by atoms with E-state index in [-0.39, 0.29) is 42.2 Å². The molecule has 6 heterocycles. The molecule has 1 atom stereocenters. The van der Waals surface area contributed by atoms with Crippen LogP contribution in [-0.4, -0.2) is 114 Å². The monoisotopic (exact) mass is 833 g/mol. The summed E-state index contributed by atoms with van der Waals surface area (Å²) in [7, 11) is 0. The van der Waals surface area contributed by atoms with Gasteiger partial charge < -0.3 is 24.8 Å². The highest BCUT2D eigenvalue weighted by Crippen LogP contribution is 2.44. The number of fused-ring (bicyclic) bond motifs is 1. The van der Waals surface area contributed by atoms with Crippen molar-refractivity contribution >= 4 is 52.6 Å². The molecule has 16 heteroatoms. The Morgan fingerprint density at radius 3 is 2.30 bits per heavy atom. The predicted molar refractivity (Wildman–Crippen MR) is 221 cm³/mol. The molecule has 4 saturated heterocycles. The van der Waals surface area contributed by atoms with Gasteiger partial charge in [-0.1, -0.05) is 11.6 Å². The van der Waals surface area contributed by atoms with Crippen molar-refractivity contribution in [3.05, 3.63) is 75.9 Å². The molecule has 312 valence electrons. The summed E-state index contributed by atoms with van der Waals surface area (Å²) in [5.74, 6) is -0.108. The third kappa shape index (κ3) is 8.02. The van der Waals surface area contributed by atoms with Crippen LogP contribution in [0.5, 0.6) is 5.75 Å². The Hall–Kier alpha value is -5.59. The minimum atomic E-state index is -0.966. The summed E-state index contributed by atoms with van der Waals surface area (Å²) in [5.41, 5.74) is 2.52. The largest absolute Gasteiger partial charge is 0.490 e. The van der Waals surface area contributed by atoms with Gasteiger partial charge in [0.2, 0.25) is 11.8 Å². The number of nitriles is 1. The smallest absolute Gasteiger partial charge is 0.272 e. The molecule has 5 aliphatic heterocycles. The van der Waals surface area contributed by atoms with Gasteiger partial charge >= 0.3 is 0 Å². The number of nitrogens with zero attached hydrogens (tertiary/aromatic N) is 7. The number of carbonyl (C=O) groups is 5. The molecule has 2 N–H and O–H groups in total. The number of imide groups is 2. The van der Waals surface area contributed by atoms with Crippen LogP contribution >= 0.6 is 11.6 Å². The predicted octanol–water partition coefficient (Wildman–Crippen LogP) is 4.34. The highest BCUT2D eigenvalue weighted by molar-refractivity contribution is 6.31. The molecule has 1 unspecified atom stereocenters. The van der Waals surface area contributed by atoms with Crippen LogP contribution in [-0.2, 0) is 9.59 Å². The van der Waals surface area contributed by atoms with Crippen molar-refractivity contribution in [1.82, 2.24) is 30.6 Å². The van der Waals surface area contributed by atoms with Crippen LogP contribution in [0.2, 0.25) is 5.02 Å². The molecular weight excluding hydrogens is 786 g/mol. The first-order valence-electron chi connectivity index (χ1n) is 21.1. The Labute approximate surface area is 353 Å². The average Bonchev–Trinajstić information content (AvgIpc) is 3.49. The first-order valence-corrected chi connectivity index (χ1v) is 21.5. The zero-order valence-electron chi connectivity index (χ0n) is 33.4. The van der Waals surface area contributed by atoms with E-state index in [0.717, 1.165) is 114 Å². The number of hydrogen-bond acceptors (Lipinski definition) is 12. The molecule has 3 aromatic rings. The number of halogens is 1. The van der Waals surface area contributed by atoms with Crippen molar-refractivity contribution in [2.24, 2.45) is 11.3 Å². The fraction of sp³-hybridized carbons (Fsp3) is 0.500. The lowest BCUT2D eigenvalue weighted by Crippen LogP contribution is -2.60. The summed E-state index contributed by atoms with van der Waals surface area (Å²) in [4.78, 5) is 71.7. The lowest BCUT2D eigenvalue weighted by Gasteiger charge is -2.55. The Morgan fingerprint density at radius 1 is 0.867 bits per heavy atom. The number of carbonyl (C=O) groups excluding carboxylic acids is 5. The molecule has 0 bridgehead atoms. The number of nitrogens with one attached hydrogen (secondary N) is 2. The Morgan fingerprint density at radius 2 is 1.62 bits per heavy atom. The summed E-state index contributed by atoms with van der Waals surface area (Å²) in [6.07, 6.45) is 7.83. The van der Waals surface area contributed by atoms with E-state index in [1.165, 1.54) is 0 Å². The third-order valence-electron chi connectivity index (χ3n) is 13.5. The zero-order valence-corrected chi connectivity index (χ0v) is 34.2. The SMILES string of the molecule is N#Cc1ccc(OC2CCC(NC(=O)c3ccc(N4CCC(CN5CCC6(CC5)CN(c5ccc7c(c5)C(=O)N(C5CCC(=O)NC5=O)C7=O)C6)CC4)nn3)CC2)cc1Cl. The molecule has 0 radical (unpaired) electrons. The van der Waals surface area contributed by atoms with Crippen LogP contribution in [0.25, 0.3) is 0 Å². The maximum atomic E-state index is 13.3. The van der Waals surface area contributed by atoms with Gasteiger partial charge in [0, 0.05) is 62.4 Å². The molecule has 5 amide bonds. The third-order valence-corrected chi connectivity index (χ3v) is 13.8. The second-order valence-corrected chi connectivity index (χ2v) is 17.8. The Balaban J connectivity index is 0.683. The molecule has 2 aromatic carbocycles. The van der Waals surface area contributed by atoms with Gasteiger partial charge in [-0.3, -0.25) is 34.2 Å². The van der Waals surface area contributed by atoms with Crippen LogP contribution in [0.15, 0.2) is 48.5 Å². The fourth-order valence-corrected chi connectivity index (χ4v) is 10.1. The lowest BCUT2D eigenvalue weighted by molar-refractivity contribution is -0.136. The second-order valence-electron chi connectivity index (χ2n) is 17.4. The number of hydrogen-bond donors (Lipinski definition) is 2. The number of likely N-dealkylation sites (tertiary alicyclic amines) is 1. The van der Waals surface area contributed by atoms with Gasteiger partial charge in [-0.05, 0) is 119 Å². The molecule has 1 aliphatic carbocycles. The van der Waals surface area contributed by atoms with E-state index in [1.807, 2.05) is 12.1 Å². The first-order chi connectivity index (χ1) is 29.0. The van der Waals surface area contributed by atoms with Crippen molar-refractivity contribution in [1.29, 1.82) is 5.26 Å². The normalized spacial score (nSPS) is 24.5. The van der Waals surface area contributed by atoms with Crippen LogP contribution in [0.3, 0.4) is 0 Å². The molecule has 6 aliphatic rings. The topological polar surface area (TPSA) is 181 Å². The number of rotatable bonds is 9. The number of anilines is 2. The summed E-state index contributed by atoms with van der Waals surface area (Å²) >= 11 is 6.15. The number of piperidine rings is 3. The molecule has 1 saturated carbocycles. The maximum absolute atomic E-state index is 13.3.